The molecular weight excluding hydrogens is 416 g/mol. The summed E-state index contributed by atoms with van der Waals surface area (Å²) in [4.78, 5) is 23.0. The van der Waals surface area contributed by atoms with Crippen LogP contribution in [0.4, 0.5) is 10.5 Å². The van der Waals surface area contributed by atoms with Crippen molar-refractivity contribution in [1.82, 2.24) is 9.97 Å². The van der Waals surface area contributed by atoms with E-state index in [-0.39, 0.29) is 0 Å². The van der Waals surface area contributed by atoms with Gasteiger partial charge >= 0.3 is 6.09 Å². The van der Waals surface area contributed by atoms with Crippen LogP contribution in [0.1, 0.15) is 11.1 Å². The van der Waals surface area contributed by atoms with Gasteiger partial charge in [0.1, 0.15) is 10.1 Å². The Hall–Kier alpha value is -3.41. The van der Waals surface area contributed by atoms with Gasteiger partial charge in [0.25, 0.3) is 0 Å². The van der Waals surface area contributed by atoms with Crippen LogP contribution >= 0.6 is 24.0 Å². The van der Waals surface area contributed by atoms with Crippen LogP contribution in [0.25, 0.3) is 10.2 Å². The third kappa shape index (κ3) is 4.59. The molecule has 0 aliphatic rings. The summed E-state index contributed by atoms with van der Waals surface area (Å²) in [5.74, 6) is 0.415. The molecule has 0 unspecified atom stereocenters. The van der Waals surface area contributed by atoms with Crippen molar-refractivity contribution in [3.8, 4) is 11.8 Å². The summed E-state index contributed by atoms with van der Waals surface area (Å²) in [6, 6.07) is 18.3. The van der Waals surface area contributed by atoms with Gasteiger partial charge in [-0.25, -0.2) is 9.78 Å². The number of carbonyl (C=O) groups excluding carboxylic acids is 1. The summed E-state index contributed by atoms with van der Waals surface area (Å²) in [6.07, 6.45) is 3.18. The van der Waals surface area contributed by atoms with Crippen molar-refractivity contribution >= 4 is 46.0 Å². The Morgan fingerprint density at radius 1 is 1.10 bits per heavy atom. The molecule has 0 fully saturated rings. The average Bonchev–Trinajstić information content (AvgIpc) is 3.13. The van der Waals surface area contributed by atoms with E-state index in [2.05, 4.69) is 28.7 Å². The van der Waals surface area contributed by atoms with E-state index in [4.69, 9.17) is 10.00 Å². The molecule has 0 aliphatic carbocycles. The standard InChI is InChI=1S/C22H16N4O2S2/c23-10-7-15-1-4-18(5-2-15)28-22(27)26(14-16-8-11-24-12-9-16)17-3-6-19-20(13-17)30-21(29)25-19/h1-6,8-9,11-13H,7,14H2,(H,25,29). The number of rotatable bonds is 5. The zero-order valence-corrected chi connectivity index (χ0v) is 17.4. The Labute approximate surface area is 182 Å². The van der Waals surface area contributed by atoms with Crippen LogP contribution in [0.5, 0.6) is 5.75 Å². The van der Waals surface area contributed by atoms with Crippen molar-refractivity contribution < 1.29 is 9.53 Å². The third-order valence-electron chi connectivity index (χ3n) is 4.39. The maximum absolute atomic E-state index is 13.1. The number of carbonyl (C=O) groups is 1. The predicted octanol–water partition coefficient (Wildman–Crippen LogP) is 5.25. The van der Waals surface area contributed by atoms with E-state index >= 15 is 0 Å². The van der Waals surface area contributed by atoms with Crippen molar-refractivity contribution in [3.63, 3.8) is 0 Å². The second-order valence-electron chi connectivity index (χ2n) is 6.44. The Balaban J connectivity index is 1.63. The van der Waals surface area contributed by atoms with Gasteiger partial charge in [-0.3, -0.25) is 9.88 Å². The highest BCUT2D eigenvalue weighted by molar-refractivity contribution is 7.82. The fourth-order valence-corrected chi connectivity index (χ4v) is 4.06. The highest BCUT2D eigenvalue weighted by Gasteiger charge is 2.20. The first-order valence-electron chi connectivity index (χ1n) is 9.06. The Morgan fingerprint density at radius 3 is 2.60 bits per heavy atom. The van der Waals surface area contributed by atoms with Crippen LogP contribution in [0.15, 0.2) is 71.3 Å². The number of nitrogens with zero attached hydrogens (tertiary/aromatic N) is 4. The highest BCUT2D eigenvalue weighted by Crippen LogP contribution is 2.30. The number of pyridine rings is 1. The average molecular weight is 433 g/mol. The van der Waals surface area contributed by atoms with Crippen molar-refractivity contribution in [2.24, 2.45) is 0 Å². The van der Waals surface area contributed by atoms with E-state index in [1.54, 1.807) is 41.6 Å². The molecule has 0 spiro atoms. The molecule has 0 N–H and O–H groups in total. The summed E-state index contributed by atoms with van der Waals surface area (Å²) in [5, 5.41) is 8.80. The van der Waals surface area contributed by atoms with Gasteiger partial charge in [0.05, 0.1) is 29.3 Å². The number of hydrogen-bond donors (Lipinski definition) is 1. The van der Waals surface area contributed by atoms with Crippen molar-refractivity contribution in [2.45, 2.75) is 17.3 Å². The van der Waals surface area contributed by atoms with Gasteiger partial charge in [0.2, 0.25) is 0 Å². The first-order chi connectivity index (χ1) is 14.6. The number of aromatic nitrogens is 2. The molecule has 2 aromatic heterocycles. The van der Waals surface area contributed by atoms with Gasteiger partial charge in [0, 0.05) is 18.1 Å². The molecule has 0 bridgehead atoms. The van der Waals surface area contributed by atoms with Crippen LogP contribution < -0.4 is 9.64 Å². The fourth-order valence-electron chi connectivity index (χ4n) is 2.92. The van der Waals surface area contributed by atoms with Gasteiger partial charge < -0.3 is 4.74 Å². The minimum Gasteiger partial charge on any atom is -0.410 e. The third-order valence-corrected chi connectivity index (χ3v) is 5.59. The largest absolute Gasteiger partial charge is 0.420 e. The molecule has 4 aromatic rings. The predicted molar refractivity (Wildman–Crippen MR) is 119 cm³/mol. The number of hydrogen-bond acceptors (Lipinski definition) is 7. The maximum Gasteiger partial charge on any atom is 0.420 e. The molecule has 6 nitrogen and oxygen atoms in total. The first-order valence-corrected chi connectivity index (χ1v) is 10.3. The lowest BCUT2D eigenvalue weighted by atomic mass is 10.2. The molecule has 148 valence electrons. The molecule has 8 heteroatoms. The van der Waals surface area contributed by atoms with E-state index in [1.165, 1.54) is 11.3 Å². The molecule has 0 saturated carbocycles. The number of thiazole rings is 1. The van der Waals surface area contributed by atoms with E-state index < -0.39 is 6.09 Å². The number of benzene rings is 2. The van der Waals surface area contributed by atoms with E-state index in [0.717, 1.165) is 21.3 Å². The SMILES string of the molecule is N#CCc1ccc(OC(=O)N(Cc2ccncc2)c2ccc3nc(S)sc3c2)cc1. The van der Waals surface area contributed by atoms with E-state index in [0.29, 0.717) is 28.7 Å². The minimum absolute atomic E-state index is 0.310. The van der Waals surface area contributed by atoms with Gasteiger partial charge in [-0.2, -0.15) is 5.26 Å². The maximum atomic E-state index is 13.1. The van der Waals surface area contributed by atoms with E-state index in [1.807, 2.05) is 30.3 Å². The highest BCUT2D eigenvalue weighted by atomic mass is 32.2. The zero-order valence-electron chi connectivity index (χ0n) is 15.7. The molecule has 2 aromatic carbocycles. The Kier molecular flexibility index (Phi) is 5.93. The molecule has 2 heterocycles. The molecule has 1 amide bonds. The number of fused-ring (bicyclic) bond motifs is 1. The van der Waals surface area contributed by atoms with Crippen LogP contribution in [-0.4, -0.2) is 16.1 Å². The molecule has 4 rings (SSSR count). The van der Waals surface area contributed by atoms with Crippen LogP contribution in [-0.2, 0) is 13.0 Å². The molecule has 0 saturated heterocycles. The normalized spacial score (nSPS) is 10.5. The summed E-state index contributed by atoms with van der Waals surface area (Å²) in [5.41, 5.74) is 3.32. The number of amides is 1. The lowest BCUT2D eigenvalue weighted by Gasteiger charge is -2.22. The first kappa shape index (κ1) is 19.9. The lowest BCUT2D eigenvalue weighted by molar-refractivity contribution is 0.207. The fraction of sp³-hybridized carbons (Fsp3) is 0.0909. The number of anilines is 1. The molecule has 0 atom stereocenters. The smallest absolute Gasteiger partial charge is 0.410 e. The van der Waals surface area contributed by atoms with Crippen molar-refractivity contribution in [3.05, 3.63) is 78.1 Å². The van der Waals surface area contributed by atoms with Crippen LogP contribution in [0, 0.1) is 11.3 Å². The van der Waals surface area contributed by atoms with Gasteiger partial charge in [-0.15, -0.1) is 24.0 Å². The van der Waals surface area contributed by atoms with Crippen molar-refractivity contribution in [1.29, 1.82) is 5.26 Å². The molecule has 0 aliphatic heterocycles. The summed E-state index contributed by atoms with van der Waals surface area (Å²) >= 11 is 5.76. The molecular formula is C22H16N4O2S2. The second-order valence-corrected chi connectivity index (χ2v) is 8.19. The summed E-state index contributed by atoms with van der Waals surface area (Å²) in [6.45, 7) is 0.325. The van der Waals surface area contributed by atoms with Gasteiger partial charge in [-0.05, 0) is 53.6 Å². The quantitative estimate of drug-likeness (QED) is 0.436. The summed E-state index contributed by atoms with van der Waals surface area (Å²) in [7, 11) is 0. The second kappa shape index (κ2) is 8.95. The summed E-state index contributed by atoms with van der Waals surface area (Å²) < 4.78 is 7.22. The van der Waals surface area contributed by atoms with Crippen LogP contribution in [0.3, 0.4) is 0 Å². The number of thiol groups is 1. The molecule has 0 radical (unpaired) electrons. The van der Waals surface area contributed by atoms with Gasteiger partial charge in [0.15, 0.2) is 0 Å². The minimum atomic E-state index is -0.505. The van der Waals surface area contributed by atoms with E-state index in [9.17, 15) is 4.79 Å². The Bertz CT molecular complexity index is 1220. The number of ether oxygens (including phenoxy) is 1. The zero-order chi connectivity index (χ0) is 20.9. The van der Waals surface area contributed by atoms with Crippen LogP contribution in [0.2, 0.25) is 0 Å². The Morgan fingerprint density at radius 2 is 1.87 bits per heavy atom. The topological polar surface area (TPSA) is 79.1 Å². The number of nitriles is 1. The van der Waals surface area contributed by atoms with Crippen molar-refractivity contribution in [2.75, 3.05) is 4.90 Å². The van der Waals surface area contributed by atoms with Gasteiger partial charge in [-0.1, -0.05) is 12.1 Å². The molecule has 30 heavy (non-hydrogen) atoms. The lowest BCUT2D eigenvalue weighted by Crippen LogP contribution is -2.33. The monoisotopic (exact) mass is 432 g/mol.